The molecular weight excluding hydrogens is 292 g/mol. The summed E-state index contributed by atoms with van der Waals surface area (Å²) < 4.78 is 5.13. The summed E-state index contributed by atoms with van der Waals surface area (Å²) in [5, 5.41) is 10.1. The average molecular weight is 324 g/mol. The van der Waals surface area contributed by atoms with Gasteiger partial charge in [-0.1, -0.05) is 38.8 Å². The van der Waals surface area contributed by atoms with Crippen molar-refractivity contribution in [3.05, 3.63) is 11.6 Å². The smallest absolute Gasteiger partial charge is 0.308 e. The van der Waals surface area contributed by atoms with Crippen molar-refractivity contribution in [3.63, 3.8) is 0 Å². The highest BCUT2D eigenvalue weighted by Gasteiger charge is 2.28. The standard InChI is InChI=1S/C19H32O4/c1-13-7-5-8-14(2)11-15(3)19(22)16(4)17(20)12-18(21)23-10-6-9-13/h9,14-17,20H,5-8,10-12H2,1-4H3/b13-9-/t14-,15+,16+,17-/m0/s1. The van der Waals surface area contributed by atoms with Crippen LogP contribution in [0.15, 0.2) is 11.6 Å². The third-order valence-electron chi connectivity index (χ3n) is 4.79. The first-order chi connectivity index (χ1) is 10.8. The zero-order chi connectivity index (χ0) is 17.4. The molecule has 4 atom stereocenters. The normalized spacial score (nSPS) is 35.3. The van der Waals surface area contributed by atoms with Crippen LogP contribution in [0.1, 0.15) is 66.2 Å². The number of cyclic esters (lactones) is 1. The van der Waals surface area contributed by atoms with Crippen LogP contribution in [0.3, 0.4) is 0 Å². The second-order valence-corrected chi connectivity index (χ2v) is 7.16. The second-order valence-electron chi connectivity index (χ2n) is 7.16. The van der Waals surface area contributed by atoms with Crippen molar-refractivity contribution in [1.29, 1.82) is 0 Å². The van der Waals surface area contributed by atoms with Gasteiger partial charge in [0.15, 0.2) is 0 Å². The number of allylic oxidation sites excluding steroid dienone is 1. The molecule has 0 aromatic heterocycles. The van der Waals surface area contributed by atoms with E-state index in [9.17, 15) is 14.7 Å². The maximum atomic E-state index is 12.4. The molecule has 4 nitrogen and oxygen atoms in total. The van der Waals surface area contributed by atoms with E-state index in [4.69, 9.17) is 4.74 Å². The monoisotopic (exact) mass is 324 g/mol. The molecule has 4 heteroatoms. The van der Waals surface area contributed by atoms with Crippen molar-refractivity contribution in [2.24, 2.45) is 17.8 Å². The number of aliphatic hydroxyl groups excluding tert-OH is 1. The lowest BCUT2D eigenvalue weighted by molar-refractivity contribution is -0.147. The van der Waals surface area contributed by atoms with Crippen molar-refractivity contribution in [2.45, 2.75) is 72.3 Å². The summed E-state index contributed by atoms with van der Waals surface area (Å²) in [4.78, 5) is 24.2. The maximum Gasteiger partial charge on any atom is 0.308 e. The highest BCUT2D eigenvalue weighted by Crippen LogP contribution is 2.24. The molecule has 0 spiro atoms. The quantitative estimate of drug-likeness (QED) is 0.545. The van der Waals surface area contributed by atoms with Crippen LogP contribution in [0.5, 0.6) is 0 Å². The number of rotatable bonds is 0. The Balaban J connectivity index is 2.75. The van der Waals surface area contributed by atoms with Gasteiger partial charge in [0.2, 0.25) is 0 Å². The molecule has 0 aromatic carbocycles. The largest absolute Gasteiger partial charge is 0.465 e. The number of carbonyl (C=O) groups is 2. The number of esters is 1. The van der Waals surface area contributed by atoms with Crippen LogP contribution in [0, 0.1) is 17.8 Å². The van der Waals surface area contributed by atoms with E-state index in [0.717, 1.165) is 25.7 Å². The van der Waals surface area contributed by atoms with Crippen molar-refractivity contribution < 1.29 is 19.4 Å². The lowest BCUT2D eigenvalue weighted by atomic mass is 9.83. The summed E-state index contributed by atoms with van der Waals surface area (Å²) >= 11 is 0. The van der Waals surface area contributed by atoms with Gasteiger partial charge in [0, 0.05) is 11.8 Å². The highest BCUT2D eigenvalue weighted by molar-refractivity contribution is 5.84. The first-order valence-corrected chi connectivity index (χ1v) is 8.84. The zero-order valence-corrected chi connectivity index (χ0v) is 15.0. The van der Waals surface area contributed by atoms with Gasteiger partial charge < -0.3 is 9.84 Å². The van der Waals surface area contributed by atoms with E-state index in [0.29, 0.717) is 18.9 Å². The molecule has 0 bridgehead atoms. The molecule has 1 aliphatic rings. The lowest BCUT2D eigenvalue weighted by Gasteiger charge is -2.23. The third kappa shape index (κ3) is 7.30. The Morgan fingerprint density at radius 1 is 1.22 bits per heavy atom. The van der Waals surface area contributed by atoms with E-state index in [1.807, 2.05) is 6.92 Å². The number of ketones is 1. The van der Waals surface area contributed by atoms with Crippen LogP contribution in [0.4, 0.5) is 0 Å². The molecule has 0 unspecified atom stereocenters. The topological polar surface area (TPSA) is 63.6 Å². The molecule has 1 heterocycles. The van der Waals surface area contributed by atoms with E-state index >= 15 is 0 Å². The van der Waals surface area contributed by atoms with Gasteiger partial charge in [0.1, 0.15) is 5.78 Å². The van der Waals surface area contributed by atoms with Crippen LogP contribution >= 0.6 is 0 Å². The van der Waals surface area contributed by atoms with Gasteiger partial charge >= 0.3 is 5.97 Å². The predicted molar refractivity (Wildman–Crippen MR) is 90.9 cm³/mol. The number of ether oxygens (including phenoxy) is 1. The predicted octanol–water partition coefficient (Wildman–Crippen LogP) is 3.67. The van der Waals surface area contributed by atoms with Crippen molar-refractivity contribution >= 4 is 11.8 Å². The first-order valence-electron chi connectivity index (χ1n) is 8.84. The minimum absolute atomic E-state index is 0.0420. The second kappa shape index (κ2) is 9.86. The Bertz CT molecular complexity index is 427. The fourth-order valence-electron chi connectivity index (χ4n) is 3.19. The SMILES string of the molecule is C/C1=C/CCOC(=O)C[C@H](O)[C@@H](C)C(=O)[C@H](C)C[C@@H](C)CCC1. The molecular formula is C19H32O4. The van der Waals surface area contributed by atoms with Crippen molar-refractivity contribution in [3.8, 4) is 0 Å². The minimum Gasteiger partial charge on any atom is -0.465 e. The average Bonchev–Trinajstić information content (AvgIpc) is 2.49. The van der Waals surface area contributed by atoms with Crippen LogP contribution < -0.4 is 0 Å². The summed E-state index contributed by atoms with van der Waals surface area (Å²) in [6, 6.07) is 0. The Kier molecular flexibility index (Phi) is 8.53. The van der Waals surface area contributed by atoms with Crippen LogP contribution in [-0.2, 0) is 14.3 Å². The summed E-state index contributed by atoms with van der Waals surface area (Å²) in [7, 11) is 0. The van der Waals surface area contributed by atoms with Crippen molar-refractivity contribution in [1.82, 2.24) is 0 Å². The molecule has 0 amide bonds. The van der Waals surface area contributed by atoms with Crippen LogP contribution in [-0.4, -0.2) is 29.6 Å². The molecule has 0 aromatic rings. The Morgan fingerprint density at radius 3 is 2.61 bits per heavy atom. The Labute approximate surface area is 140 Å². The van der Waals surface area contributed by atoms with E-state index in [1.54, 1.807) is 6.92 Å². The van der Waals surface area contributed by atoms with Gasteiger partial charge in [-0.25, -0.2) is 0 Å². The molecule has 132 valence electrons. The molecule has 0 aliphatic carbocycles. The number of Topliss-reactive ketones (excluding diaryl/α,β-unsaturated/α-hetero) is 1. The molecule has 0 fully saturated rings. The fraction of sp³-hybridized carbons (Fsp3) is 0.789. The van der Waals surface area contributed by atoms with Gasteiger partial charge in [-0.3, -0.25) is 9.59 Å². The van der Waals surface area contributed by atoms with E-state index < -0.39 is 18.0 Å². The molecule has 1 rings (SSSR count). The molecule has 1 N–H and O–H groups in total. The number of aliphatic hydroxyl groups is 1. The van der Waals surface area contributed by atoms with Crippen LogP contribution in [0.2, 0.25) is 0 Å². The van der Waals surface area contributed by atoms with E-state index in [-0.39, 0.29) is 18.1 Å². The number of carbonyl (C=O) groups excluding carboxylic acids is 2. The molecule has 0 saturated heterocycles. The van der Waals surface area contributed by atoms with Crippen molar-refractivity contribution in [2.75, 3.05) is 6.61 Å². The first kappa shape index (κ1) is 19.9. The van der Waals surface area contributed by atoms with Gasteiger partial charge in [0.25, 0.3) is 0 Å². The van der Waals surface area contributed by atoms with Gasteiger partial charge in [-0.15, -0.1) is 0 Å². The summed E-state index contributed by atoms with van der Waals surface area (Å²) in [5.74, 6) is -0.518. The lowest BCUT2D eigenvalue weighted by Crippen LogP contribution is -2.32. The molecule has 0 radical (unpaired) electrons. The molecule has 0 saturated carbocycles. The zero-order valence-electron chi connectivity index (χ0n) is 15.0. The summed E-state index contributed by atoms with van der Waals surface area (Å²) in [6.07, 6.45) is 5.86. The Hall–Kier alpha value is -1.16. The molecule has 23 heavy (non-hydrogen) atoms. The van der Waals surface area contributed by atoms with Gasteiger partial charge in [-0.2, -0.15) is 0 Å². The van der Waals surface area contributed by atoms with Gasteiger partial charge in [0.05, 0.1) is 19.1 Å². The number of hydrogen-bond donors (Lipinski definition) is 1. The summed E-state index contributed by atoms with van der Waals surface area (Å²) in [6.45, 7) is 8.25. The minimum atomic E-state index is -0.960. The third-order valence-corrected chi connectivity index (χ3v) is 4.79. The van der Waals surface area contributed by atoms with Gasteiger partial charge in [-0.05, 0) is 38.5 Å². The number of hydrogen-bond acceptors (Lipinski definition) is 4. The summed E-state index contributed by atoms with van der Waals surface area (Å²) in [5.41, 5.74) is 1.32. The maximum absolute atomic E-state index is 12.4. The van der Waals surface area contributed by atoms with E-state index in [2.05, 4.69) is 19.9 Å². The van der Waals surface area contributed by atoms with Crippen LogP contribution in [0.25, 0.3) is 0 Å². The Morgan fingerprint density at radius 2 is 1.91 bits per heavy atom. The molecule has 1 aliphatic heterocycles. The highest BCUT2D eigenvalue weighted by atomic mass is 16.5. The fourth-order valence-corrected chi connectivity index (χ4v) is 3.19. The van der Waals surface area contributed by atoms with E-state index in [1.165, 1.54) is 5.57 Å².